The van der Waals surface area contributed by atoms with Crippen molar-refractivity contribution in [1.29, 1.82) is 0 Å². The molecule has 1 amide bonds. The van der Waals surface area contributed by atoms with Gasteiger partial charge in [0.25, 0.3) is 5.91 Å². The van der Waals surface area contributed by atoms with Gasteiger partial charge in [0.2, 0.25) is 0 Å². The average molecular weight is 316 g/mol. The van der Waals surface area contributed by atoms with Crippen LogP contribution in [0.4, 0.5) is 5.69 Å². The number of nitrogens with one attached hydrogen (secondary N) is 1. The number of nitrogens with zero attached hydrogens (tertiary/aromatic N) is 1. The Morgan fingerprint density at radius 1 is 1.13 bits per heavy atom. The monoisotopic (exact) mass is 316 g/mol. The van der Waals surface area contributed by atoms with Crippen molar-refractivity contribution in [1.82, 2.24) is 5.32 Å². The summed E-state index contributed by atoms with van der Waals surface area (Å²) in [6.07, 6.45) is 2.38. The number of anilines is 1. The van der Waals surface area contributed by atoms with Crippen LogP contribution >= 0.6 is 0 Å². The maximum atomic E-state index is 12.3. The average Bonchev–Trinajstić information content (AvgIpc) is 3.35. The predicted octanol–water partition coefficient (Wildman–Crippen LogP) is 1.29. The molecule has 1 saturated carbocycles. The van der Waals surface area contributed by atoms with E-state index in [9.17, 15) is 14.4 Å². The SMILES string of the molecule is COC(=O)C1(NC(=O)c2ccc(N3CCC(=O)CC3)cc2)CC1. The minimum Gasteiger partial charge on any atom is -0.467 e. The fourth-order valence-electron chi connectivity index (χ4n) is 2.83. The Morgan fingerprint density at radius 3 is 2.26 bits per heavy atom. The van der Waals surface area contributed by atoms with Crippen molar-refractivity contribution >= 4 is 23.3 Å². The molecule has 0 aromatic heterocycles. The fourth-order valence-corrected chi connectivity index (χ4v) is 2.83. The molecule has 1 heterocycles. The second-order valence-corrected chi connectivity index (χ2v) is 6.10. The minimum absolute atomic E-state index is 0.270. The van der Waals surface area contributed by atoms with Crippen molar-refractivity contribution in [2.45, 2.75) is 31.2 Å². The summed E-state index contributed by atoms with van der Waals surface area (Å²) in [7, 11) is 1.33. The molecule has 3 rings (SSSR count). The normalized spacial score (nSPS) is 19.2. The van der Waals surface area contributed by atoms with Crippen LogP contribution in [0.3, 0.4) is 0 Å². The van der Waals surface area contributed by atoms with Gasteiger partial charge >= 0.3 is 5.97 Å². The molecule has 0 bridgehead atoms. The topological polar surface area (TPSA) is 75.7 Å². The van der Waals surface area contributed by atoms with Crippen molar-refractivity contribution < 1.29 is 19.1 Å². The van der Waals surface area contributed by atoms with Crippen LogP contribution in [0.2, 0.25) is 0 Å². The lowest BCUT2D eigenvalue weighted by atomic mass is 10.1. The summed E-state index contributed by atoms with van der Waals surface area (Å²) in [6.45, 7) is 1.44. The molecule has 0 atom stereocenters. The molecule has 23 heavy (non-hydrogen) atoms. The molecule has 6 nitrogen and oxygen atoms in total. The molecule has 2 aliphatic rings. The van der Waals surface area contributed by atoms with Gasteiger partial charge in [0.1, 0.15) is 11.3 Å². The third kappa shape index (κ3) is 3.21. The lowest BCUT2D eigenvalue weighted by molar-refractivity contribution is -0.144. The van der Waals surface area contributed by atoms with Gasteiger partial charge < -0.3 is 15.0 Å². The van der Waals surface area contributed by atoms with Crippen molar-refractivity contribution in [3.8, 4) is 0 Å². The number of benzene rings is 1. The van der Waals surface area contributed by atoms with Gasteiger partial charge in [-0.25, -0.2) is 4.79 Å². The van der Waals surface area contributed by atoms with Crippen LogP contribution in [-0.2, 0) is 14.3 Å². The zero-order chi connectivity index (χ0) is 16.4. The zero-order valence-electron chi connectivity index (χ0n) is 13.1. The summed E-state index contributed by atoms with van der Waals surface area (Å²) in [5.41, 5.74) is 0.678. The molecule has 0 unspecified atom stereocenters. The number of hydrogen-bond acceptors (Lipinski definition) is 5. The number of carbonyl (C=O) groups excluding carboxylic acids is 3. The van der Waals surface area contributed by atoms with Crippen molar-refractivity contribution in [2.75, 3.05) is 25.1 Å². The Labute approximate surface area is 134 Å². The summed E-state index contributed by atoms with van der Waals surface area (Å²) in [5.74, 6) is -0.358. The largest absolute Gasteiger partial charge is 0.467 e. The third-order valence-electron chi connectivity index (χ3n) is 4.49. The first-order valence-corrected chi connectivity index (χ1v) is 7.82. The number of piperidine rings is 1. The second kappa shape index (κ2) is 6.02. The zero-order valence-corrected chi connectivity index (χ0v) is 13.1. The highest BCUT2D eigenvalue weighted by Crippen LogP contribution is 2.36. The van der Waals surface area contributed by atoms with E-state index in [1.54, 1.807) is 12.1 Å². The standard InChI is InChI=1S/C17H20N2O4/c1-23-16(22)17(8-9-17)18-15(21)12-2-4-13(5-3-12)19-10-6-14(20)7-11-19/h2-5H,6-11H2,1H3,(H,18,21). The van der Waals surface area contributed by atoms with Gasteiger partial charge in [0.05, 0.1) is 7.11 Å². The van der Waals surface area contributed by atoms with E-state index in [0.717, 1.165) is 18.8 Å². The van der Waals surface area contributed by atoms with Gasteiger partial charge in [-0.3, -0.25) is 9.59 Å². The molecular weight excluding hydrogens is 296 g/mol. The number of hydrogen-bond donors (Lipinski definition) is 1. The summed E-state index contributed by atoms with van der Waals surface area (Å²) in [4.78, 5) is 37.4. The number of esters is 1. The van der Waals surface area contributed by atoms with Crippen LogP contribution in [0.25, 0.3) is 0 Å². The lowest BCUT2D eigenvalue weighted by Gasteiger charge is -2.28. The molecule has 1 aromatic rings. The van der Waals surface area contributed by atoms with E-state index in [1.165, 1.54) is 7.11 Å². The maximum Gasteiger partial charge on any atom is 0.331 e. The Morgan fingerprint density at radius 2 is 1.74 bits per heavy atom. The number of rotatable bonds is 4. The van der Waals surface area contributed by atoms with Crippen molar-refractivity contribution in [3.63, 3.8) is 0 Å². The molecule has 1 N–H and O–H groups in total. The molecule has 1 aliphatic carbocycles. The van der Waals surface area contributed by atoms with Crippen molar-refractivity contribution in [2.24, 2.45) is 0 Å². The number of ketones is 1. The Kier molecular flexibility index (Phi) is 4.07. The Balaban J connectivity index is 1.64. The number of amides is 1. The quantitative estimate of drug-likeness (QED) is 0.847. The molecular formula is C17H20N2O4. The highest BCUT2D eigenvalue weighted by Gasteiger charge is 2.52. The summed E-state index contributed by atoms with van der Waals surface area (Å²) >= 11 is 0. The lowest BCUT2D eigenvalue weighted by Crippen LogP contribution is -2.43. The molecule has 6 heteroatoms. The van der Waals surface area contributed by atoms with E-state index < -0.39 is 5.54 Å². The number of Topliss-reactive ketones (excluding diaryl/α,β-unsaturated/α-hetero) is 1. The van der Waals surface area contributed by atoms with Gasteiger partial charge in [-0.15, -0.1) is 0 Å². The van der Waals surface area contributed by atoms with Gasteiger partial charge in [0.15, 0.2) is 0 Å². The Bertz CT molecular complexity index is 624. The predicted molar refractivity (Wildman–Crippen MR) is 84.3 cm³/mol. The molecule has 1 aromatic carbocycles. The van der Waals surface area contributed by atoms with Crippen LogP contribution in [0, 0.1) is 0 Å². The number of carbonyl (C=O) groups is 3. The first-order chi connectivity index (χ1) is 11.0. The van der Waals surface area contributed by atoms with Crippen LogP contribution in [0.5, 0.6) is 0 Å². The van der Waals surface area contributed by atoms with E-state index in [4.69, 9.17) is 4.74 Å². The molecule has 1 aliphatic heterocycles. The molecule has 122 valence electrons. The van der Waals surface area contributed by atoms with Crippen LogP contribution in [0.1, 0.15) is 36.0 Å². The van der Waals surface area contributed by atoms with E-state index in [1.807, 2.05) is 12.1 Å². The first-order valence-electron chi connectivity index (χ1n) is 7.82. The maximum absolute atomic E-state index is 12.3. The minimum atomic E-state index is -0.836. The smallest absolute Gasteiger partial charge is 0.331 e. The van der Waals surface area contributed by atoms with Gasteiger partial charge in [-0.05, 0) is 37.1 Å². The van der Waals surface area contributed by atoms with Gasteiger partial charge in [0, 0.05) is 37.2 Å². The fraction of sp³-hybridized carbons (Fsp3) is 0.471. The molecule has 0 radical (unpaired) electrons. The molecule has 1 saturated heterocycles. The van der Waals surface area contributed by atoms with Crippen LogP contribution in [-0.4, -0.2) is 43.4 Å². The summed E-state index contributed by atoms with van der Waals surface area (Å²) in [6, 6.07) is 7.24. The second-order valence-electron chi connectivity index (χ2n) is 6.10. The van der Waals surface area contributed by atoms with Gasteiger partial charge in [-0.2, -0.15) is 0 Å². The molecule has 2 fully saturated rings. The third-order valence-corrected chi connectivity index (χ3v) is 4.49. The summed E-state index contributed by atoms with van der Waals surface area (Å²) < 4.78 is 4.73. The Hall–Kier alpha value is -2.37. The number of methoxy groups -OCH3 is 1. The van der Waals surface area contributed by atoms with Gasteiger partial charge in [-0.1, -0.05) is 0 Å². The first kappa shape index (κ1) is 15.5. The highest BCUT2D eigenvalue weighted by molar-refractivity contribution is 5.99. The van der Waals surface area contributed by atoms with E-state index in [2.05, 4.69) is 10.2 Å². The van der Waals surface area contributed by atoms with E-state index in [0.29, 0.717) is 37.0 Å². The highest BCUT2D eigenvalue weighted by atomic mass is 16.5. The van der Waals surface area contributed by atoms with Crippen LogP contribution < -0.4 is 10.2 Å². The van der Waals surface area contributed by atoms with E-state index in [-0.39, 0.29) is 11.9 Å². The number of ether oxygens (including phenoxy) is 1. The van der Waals surface area contributed by atoms with Crippen molar-refractivity contribution in [3.05, 3.63) is 29.8 Å². The van der Waals surface area contributed by atoms with E-state index >= 15 is 0 Å². The molecule has 0 spiro atoms. The summed E-state index contributed by atoms with van der Waals surface area (Å²) in [5, 5.41) is 2.77. The van der Waals surface area contributed by atoms with Crippen LogP contribution in [0.15, 0.2) is 24.3 Å².